The Morgan fingerprint density at radius 1 is 1.47 bits per heavy atom. The van der Waals surface area contributed by atoms with Crippen molar-refractivity contribution in [3.05, 3.63) is 35.5 Å². The van der Waals surface area contributed by atoms with Gasteiger partial charge in [0.15, 0.2) is 5.82 Å². The molecule has 2 atom stereocenters. The molecule has 19 heavy (non-hydrogen) atoms. The van der Waals surface area contributed by atoms with E-state index in [-0.39, 0.29) is 6.10 Å². The molecule has 0 amide bonds. The Morgan fingerprint density at radius 3 is 3.00 bits per heavy atom. The number of nitrogens with two attached hydrogens (primary N) is 1. The van der Waals surface area contributed by atoms with Crippen LogP contribution in [0.4, 0.5) is 0 Å². The van der Waals surface area contributed by atoms with Gasteiger partial charge in [-0.25, -0.2) is 0 Å². The van der Waals surface area contributed by atoms with E-state index in [0.29, 0.717) is 11.6 Å². The van der Waals surface area contributed by atoms with Gasteiger partial charge in [-0.1, -0.05) is 5.16 Å². The molecular formula is C13H15N3O3. The summed E-state index contributed by atoms with van der Waals surface area (Å²) in [6, 6.07) is 3.37. The Hall–Kier alpha value is -2.08. The van der Waals surface area contributed by atoms with E-state index in [1.165, 1.54) is 6.39 Å². The molecule has 0 bridgehead atoms. The van der Waals surface area contributed by atoms with Crippen LogP contribution in [-0.2, 0) is 6.42 Å². The van der Waals surface area contributed by atoms with Crippen molar-refractivity contribution in [1.29, 1.82) is 0 Å². The van der Waals surface area contributed by atoms with Gasteiger partial charge in [0.1, 0.15) is 17.6 Å². The summed E-state index contributed by atoms with van der Waals surface area (Å²) in [5.74, 6) is 1.99. The summed E-state index contributed by atoms with van der Waals surface area (Å²) in [5.41, 5.74) is 8.07. The Labute approximate surface area is 110 Å². The summed E-state index contributed by atoms with van der Waals surface area (Å²) in [7, 11) is 1.62. The molecule has 1 aromatic heterocycles. The number of hydrogen-bond donors (Lipinski definition) is 1. The van der Waals surface area contributed by atoms with Gasteiger partial charge < -0.3 is 19.7 Å². The molecule has 100 valence electrons. The number of rotatable bonds is 3. The third kappa shape index (κ3) is 2.04. The van der Waals surface area contributed by atoms with Gasteiger partial charge in [0.2, 0.25) is 6.39 Å². The average molecular weight is 261 g/mol. The number of benzene rings is 1. The Balaban J connectivity index is 2.04. The molecule has 0 radical (unpaired) electrons. The van der Waals surface area contributed by atoms with Gasteiger partial charge in [-0.2, -0.15) is 4.98 Å². The minimum atomic E-state index is -0.501. The summed E-state index contributed by atoms with van der Waals surface area (Å²) < 4.78 is 15.9. The largest absolute Gasteiger partial charge is 0.496 e. The second-order valence-electron chi connectivity index (χ2n) is 4.60. The Morgan fingerprint density at radius 2 is 2.32 bits per heavy atom. The zero-order valence-electron chi connectivity index (χ0n) is 10.8. The summed E-state index contributed by atoms with van der Waals surface area (Å²) in [6.45, 7) is 2.03. The van der Waals surface area contributed by atoms with Crippen molar-refractivity contribution in [2.45, 2.75) is 25.5 Å². The van der Waals surface area contributed by atoms with E-state index in [2.05, 4.69) is 10.1 Å². The summed E-state index contributed by atoms with van der Waals surface area (Å²) >= 11 is 0. The predicted octanol–water partition coefficient (Wildman–Crippen LogP) is 1.45. The van der Waals surface area contributed by atoms with Crippen LogP contribution < -0.4 is 15.2 Å². The molecule has 2 aromatic rings. The highest BCUT2D eigenvalue weighted by molar-refractivity contribution is 5.50. The maximum atomic E-state index is 6.15. The Kier molecular flexibility index (Phi) is 2.87. The normalized spacial score (nSPS) is 18.8. The first-order valence-electron chi connectivity index (χ1n) is 6.08. The van der Waals surface area contributed by atoms with E-state index in [1.54, 1.807) is 7.11 Å². The summed E-state index contributed by atoms with van der Waals surface area (Å²) in [4.78, 5) is 3.98. The fourth-order valence-corrected chi connectivity index (χ4v) is 2.33. The molecule has 0 saturated carbocycles. The van der Waals surface area contributed by atoms with Crippen molar-refractivity contribution in [3.8, 4) is 11.5 Å². The zero-order valence-corrected chi connectivity index (χ0v) is 10.8. The minimum absolute atomic E-state index is 0.177. The fraction of sp³-hybridized carbons (Fsp3) is 0.385. The highest BCUT2D eigenvalue weighted by Crippen LogP contribution is 2.37. The van der Waals surface area contributed by atoms with Crippen LogP contribution in [0.15, 0.2) is 23.0 Å². The molecule has 2 unspecified atom stereocenters. The molecule has 3 rings (SSSR count). The lowest BCUT2D eigenvalue weighted by Gasteiger charge is -2.14. The number of methoxy groups -OCH3 is 1. The van der Waals surface area contributed by atoms with Crippen LogP contribution in [0.1, 0.15) is 29.9 Å². The SMILES string of the molecule is COc1cc2c(cc1C(N)c1ncon1)OC(C)C2. The molecule has 2 heterocycles. The molecule has 0 fully saturated rings. The van der Waals surface area contributed by atoms with E-state index >= 15 is 0 Å². The van der Waals surface area contributed by atoms with Crippen molar-refractivity contribution in [2.24, 2.45) is 5.73 Å². The number of fused-ring (bicyclic) bond motifs is 1. The second kappa shape index (κ2) is 4.55. The van der Waals surface area contributed by atoms with E-state index in [0.717, 1.165) is 23.3 Å². The van der Waals surface area contributed by atoms with Crippen molar-refractivity contribution >= 4 is 0 Å². The van der Waals surface area contributed by atoms with Crippen LogP contribution in [0, 0.1) is 0 Å². The van der Waals surface area contributed by atoms with E-state index in [1.807, 2.05) is 19.1 Å². The van der Waals surface area contributed by atoms with Crippen LogP contribution in [0.3, 0.4) is 0 Å². The standard InChI is InChI=1S/C13H15N3O3/c1-7-3-8-4-11(17-2)9(5-10(8)19-7)12(14)13-15-6-18-16-13/h4-7,12H,3,14H2,1-2H3. The van der Waals surface area contributed by atoms with Gasteiger partial charge in [-0.05, 0) is 19.1 Å². The lowest BCUT2D eigenvalue weighted by atomic mass is 10.0. The highest BCUT2D eigenvalue weighted by Gasteiger charge is 2.25. The minimum Gasteiger partial charge on any atom is -0.496 e. The third-order valence-electron chi connectivity index (χ3n) is 3.24. The lowest BCUT2D eigenvalue weighted by Crippen LogP contribution is -2.15. The Bertz CT molecular complexity index is 583. The van der Waals surface area contributed by atoms with Gasteiger partial charge in [-0.15, -0.1) is 0 Å². The topological polar surface area (TPSA) is 83.4 Å². The smallest absolute Gasteiger partial charge is 0.213 e. The average Bonchev–Trinajstić information content (AvgIpc) is 3.03. The molecule has 6 heteroatoms. The molecule has 0 saturated heterocycles. The number of hydrogen-bond acceptors (Lipinski definition) is 6. The first-order valence-corrected chi connectivity index (χ1v) is 6.08. The van der Waals surface area contributed by atoms with Crippen LogP contribution >= 0.6 is 0 Å². The van der Waals surface area contributed by atoms with Crippen LogP contribution in [0.5, 0.6) is 11.5 Å². The molecule has 0 aliphatic carbocycles. The van der Waals surface area contributed by atoms with E-state index in [4.69, 9.17) is 19.7 Å². The molecule has 0 spiro atoms. The fourth-order valence-electron chi connectivity index (χ4n) is 2.33. The maximum Gasteiger partial charge on any atom is 0.213 e. The summed E-state index contributed by atoms with van der Waals surface area (Å²) in [6.07, 6.45) is 2.31. The van der Waals surface area contributed by atoms with Gasteiger partial charge in [0.25, 0.3) is 0 Å². The van der Waals surface area contributed by atoms with Crippen LogP contribution in [0.25, 0.3) is 0 Å². The predicted molar refractivity (Wildman–Crippen MR) is 67.1 cm³/mol. The third-order valence-corrected chi connectivity index (χ3v) is 3.24. The van der Waals surface area contributed by atoms with Crippen molar-refractivity contribution in [2.75, 3.05) is 7.11 Å². The van der Waals surface area contributed by atoms with Crippen LogP contribution in [-0.4, -0.2) is 23.4 Å². The zero-order chi connectivity index (χ0) is 13.4. The van der Waals surface area contributed by atoms with Crippen molar-refractivity contribution in [1.82, 2.24) is 10.1 Å². The molecular weight excluding hydrogens is 246 g/mol. The first-order chi connectivity index (χ1) is 9.19. The van der Waals surface area contributed by atoms with Gasteiger partial charge in [0, 0.05) is 17.5 Å². The number of nitrogens with zero attached hydrogens (tertiary/aromatic N) is 2. The monoisotopic (exact) mass is 261 g/mol. The molecule has 1 aliphatic heterocycles. The van der Waals surface area contributed by atoms with Gasteiger partial charge in [0.05, 0.1) is 13.2 Å². The molecule has 6 nitrogen and oxygen atoms in total. The van der Waals surface area contributed by atoms with E-state index < -0.39 is 6.04 Å². The maximum absolute atomic E-state index is 6.15. The lowest BCUT2D eigenvalue weighted by molar-refractivity contribution is 0.254. The quantitative estimate of drug-likeness (QED) is 0.900. The molecule has 2 N–H and O–H groups in total. The summed E-state index contributed by atoms with van der Waals surface area (Å²) in [5, 5.41) is 3.77. The van der Waals surface area contributed by atoms with Gasteiger partial charge >= 0.3 is 0 Å². The number of ether oxygens (including phenoxy) is 2. The highest BCUT2D eigenvalue weighted by atomic mass is 16.5. The van der Waals surface area contributed by atoms with E-state index in [9.17, 15) is 0 Å². The van der Waals surface area contributed by atoms with Crippen molar-refractivity contribution < 1.29 is 14.0 Å². The van der Waals surface area contributed by atoms with Gasteiger partial charge in [-0.3, -0.25) is 0 Å². The first kappa shape index (κ1) is 12.0. The molecule has 1 aliphatic rings. The van der Waals surface area contributed by atoms with Crippen molar-refractivity contribution in [3.63, 3.8) is 0 Å². The number of aromatic nitrogens is 2. The second-order valence-corrected chi connectivity index (χ2v) is 4.60. The van der Waals surface area contributed by atoms with Crippen LogP contribution in [0.2, 0.25) is 0 Å². The molecule has 1 aromatic carbocycles.